The number of carbonyl (C=O) groups excluding carboxylic acids is 1. The minimum absolute atomic E-state index is 0.111. The fourth-order valence-electron chi connectivity index (χ4n) is 1.63. The number of carbonyl (C=O) groups is 1. The molecule has 0 spiro atoms. The van der Waals surface area contributed by atoms with Gasteiger partial charge >= 0.3 is 0 Å². The fraction of sp³-hybridized carbons (Fsp3) is 0.889. The van der Waals surface area contributed by atoms with Crippen molar-refractivity contribution in [3.05, 3.63) is 0 Å². The van der Waals surface area contributed by atoms with E-state index in [1.54, 1.807) is 0 Å². The molecule has 0 bridgehead atoms. The molecule has 0 aromatic carbocycles. The van der Waals surface area contributed by atoms with Gasteiger partial charge in [-0.2, -0.15) is 0 Å². The molecule has 2 saturated heterocycles. The molecule has 0 aromatic heterocycles. The molecule has 74 valence electrons. The van der Waals surface area contributed by atoms with Gasteiger partial charge in [0, 0.05) is 25.2 Å². The third kappa shape index (κ3) is 2.00. The van der Waals surface area contributed by atoms with Crippen LogP contribution in [0.5, 0.6) is 0 Å². The first-order chi connectivity index (χ1) is 6.16. The largest absolute Gasteiger partial charge is 0.363 e. The number of hydrogen-bond donors (Lipinski definition) is 1. The Kier molecular flexibility index (Phi) is 2.26. The third-order valence-electron chi connectivity index (χ3n) is 2.37. The minimum Gasteiger partial charge on any atom is -0.363 e. The Morgan fingerprint density at radius 3 is 2.62 bits per heavy atom. The number of likely N-dealkylation sites (tertiary alicyclic amines) is 1. The summed E-state index contributed by atoms with van der Waals surface area (Å²) in [4.78, 5) is 13.3. The van der Waals surface area contributed by atoms with Crippen molar-refractivity contribution >= 4 is 5.91 Å². The summed E-state index contributed by atoms with van der Waals surface area (Å²) < 4.78 is 4.93. The van der Waals surface area contributed by atoms with Gasteiger partial charge < -0.3 is 15.0 Å². The highest BCUT2D eigenvalue weighted by Crippen LogP contribution is 2.17. The zero-order valence-corrected chi connectivity index (χ0v) is 8.12. The van der Waals surface area contributed by atoms with Crippen LogP contribution in [0.25, 0.3) is 0 Å². The van der Waals surface area contributed by atoms with Crippen LogP contribution in [0.4, 0.5) is 0 Å². The lowest BCUT2D eigenvalue weighted by molar-refractivity contribution is -0.137. The molecule has 1 atom stereocenters. The SMILES string of the molecule is CC(C)NC1CN(C(=O)C2CO2)C1. The van der Waals surface area contributed by atoms with E-state index in [-0.39, 0.29) is 12.0 Å². The van der Waals surface area contributed by atoms with Gasteiger partial charge in [0.15, 0.2) is 6.10 Å². The Labute approximate surface area is 78.2 Å². The summed E-state index contributed by atoms with van der Waals surface area (Å²) in [5.41, 5.74) is 0. The van der Waals surface area contributed by atoms with Gasteiger partial charge in [-0.15, -0.1) is 0 Å². The van der Waals surface area contributed by atoms with Gasteiger partial charge in [-0.3, -0.25) is 4.79 Å². The van der Waals surface area contributed by atoms with E-state index in [0.29, 0.717) is 18.7 Å². The highest BCUT2D eigenvalue weighted by Gasteiger charge is 2.40. The summed E-state index contributed by atoms with van der Waals surface area (Å²) in [6, 6.07) is 0.988. The summed E-state index contributed by atoms with van der Waals surface area (Å²) in [6.45, 7) is 6.55. The molecule has 2 fully saturated rings. The van der Waals surface area contributed by atoms with Gasteiger partial charge in [-0.05, 0) is 0 Å². The standard InChI is InChI=1S/C9H16N2O2/c1-6(2)10-7-3-11(4-7)9(12)8-5-13-8/h6-8,10H,3-5H2,1-2H3. The van der Waals surface area contributed by atoms with Gasteiger partial charge in [0.25, 0.3) is 5.91 Å². The number of amides is 1. The number of ether oxygens (including phenoxy) is 1. The molecule has 4 heteroatoms. The summed E-state index contributed by atoms with van der Waals surface area (Å²) >= 11 is 0. The Bertz CT molecular complexity index is 208. The van der Waals surface area contributed by atoms with E-state index in [0.717, 1.165) is 13.1 Å². The Balaban J connectivity index is 1.68. The first kappa shape index (κ1) is 8.97. The van der Waals surface area contributed by atoms with Crippen molar-refractivity contribution in [3.63, 3.8) is 0 Å². The Hall–Kier alpha value is -0.610. The lowest BCUT2D eigenvalue weighted by Crippen LogP contribution is -2.61. The number of nitrogens with zero attached hydrogens (tertiary/aromatic N) is 1. The maximum Gasteiger partial charge on any atom is 0.254 e. The predicted octanol–water partition coefficient (Wildman–Crippen LogP) is -0.406. The van der Waals surface area contributed by atoms with Crippen LogP contribution in [0.3, 0.4) is 0 Å². The van der Waals surface area contributed by atoms with Crippen molar-refractivity contribution in [1.29, 1.82) is 0 Å². The van der Waals surface area contributed by atoms with Crippen LogP contribution in [0, 0.1) is 0 Å². The van der Waals surface area contributed by atoms with E-state index in [9.17, 15) is 4.79 Å². The van der Waals surface area contributed by atoms with Crippen molar-refractivity contribution in [1.82, 2.24) is 10.2 Å². The first-order valence-corrected chi connectivity index (χ1v) is 4.83. The predicted molar refractivity (Wildman–Crippen MR) is 48.4 cm³/mol. The lowest BCUT2D eigenvalue weighted by Gasteiger charge is -2.40. The normalized spacial score (nSPS) is 27.6. The quantitative estimate of drug-likeness (QED) is 0.607. The van der Waals surface area contributed by atoms with E-state index in [1.165, 1.54) is 0 Å². The summed E-state index contributed by atoms with van der Waals surface area (Å²) in [5.74, 6) is 0.168. The maximum atomic E-state index is 11.4. The molecule has 2 heterocycles. The van der Waals surface area contributed by atoms with Crippen molar-refractivity contribution in [2.45, 2.75) is 32.0 Å². The molecule has 2 rings (SSSR count). The van der Waals surface area contributed by atoms with Gasteiger partial charge in [0.05, 0.1) is 6.61 Å². The molecular formula is C9H16N2O2. The highest BCUT2D eigenvalue weighted by atomic mass is 16.6. The van der Waals surface area contributed by atoms with Gasteiger partial charge in [-0.25, -0.2) is 0 Å². The Morgan fingerprint density at radius 2 is 2.15 bits per heavy atom. The molecular weight excluding hydrogens is 168 g/mol. The highest BCUT2D eigenvalue weighted by molar-refractivity contribution is 5.83. The number of nitrogens with one attached hydrogen (secondary N) is 1. The monoisotopic (exact) mass is 184 g/mol. The maximum absolute atomic E-state index is 11.4. The van der Waals surface area contributed by atoms with Crippen LogP contribution in [0.2, 0.25) is 0 Å². The van der Waals surface area contributed by atoms with Crippen LogP contribution < -0.4 is 5.32 Å². The molecule has 1 amide bonds. The third-order valence-corrected chi connectivity index (χ3v) is 2.37. The van der Waals surface area contributed by atoms with E-state index in [2.05, 4.69) is 19.2 Å². The number of epoxide rings is 1. The van der Waals surface area contributed by atoms with E-state index < -0.39 is 0 Å². The van der Waals surface area contributed by atoms with Crippen molar-refractivity contribution < 1.29 is 9.53 Å². The average molecular weight is 184 g/mol. The Morgan fingerprint density at radius 1 is 1.54 bits per heavy atom. The van der Waals surface area contributed by atoms with Crippen LogP contribution >= 0.6 is 0 Å². The van der Waals surface area contributed by atoms with Crippen molar-refractivity contribution in [3.8, 4) is 0 Å². The molecule has 13 heavy (non-hydrogen) atoms. The number of hydrogen-bond acceptors (Lipinski definition) is 3. The first-order valence-electron chi connectivity index (χ1n) is 4.83. The lowest BCUT2D eigenvalue weighted by atomic mass is 10.1. The molecule has 0 saturated carbocycles. The van der Waals surface area contributed by atoms with Gasteiger partial charge in [0.1, 0.15) is 0 Å². The molecule has 1 N–H and O–H groups in total. The zero-order chi connectivity index (χ0) is 9.42. The van der Waals surface area contributed by atoms with Crippen molar-refractivity contribution in [2.75, 3.05) is 19.7 Å². The zero-order valence-electron chi connectivity index (χ0n) is 8.12. The molecule has 4 nitrogen and oxygen atoms in total. The summed E-state index contributed by atoms with van der Waals surface area (Å²) in [6.07, 6.45) is -0.111. The van der Waals surface area contributed by atoms with Crippen molar-refractivity contribution in [2.24, 2.45) is 0 Å². The molecule has 0 radical (unpaired) electrons. The topological polar surface area (TPSA) is 44.9 Å². The second-order valence-electron chi connectivity index (χ2n) is 4.08. The average Bonchev–Trinajstić information content (AvgIpc) is 2.75. The summed E-state index contributed by atoms with van der Waals surface area (Å²) in [7, 11) is 0. The van der Waals surface area contributed by atoms with Crippen LogP contribution in [0.1, 0.15) is 13.8 Å². The van der Waals surface area contributed by atoms with Gasteiger partial charge in [-0.1, -0.05) is 13.8 Å². The van der Waals surface area contributed by atoms with E-state index in [1.807, 2.05) is 4.90 Å². The van der Waals surface area contributed by atoms with E-state index in [4.69, 9.17) is 4.74 Å². The smallest absolute Gasteiger partial charge is 0.254 e. The second kappa shape index (κ2) is 3.27. The molecule has 0 aliphatic carbocycles. The minimum atomic E-state index is -0.111. The molecule has 1 unspecified atom stereocenters. The van der Waals surface area contributed by atoms with Gasteiger partial charge in [0.2, 0.25) is 0 Å². The molecule has 2 aliphatic heterocycles. The van der Waals surface area contributed by atoms with Crippen LogP contribution in [-0.2, 0) is 9.53 Å². The molecule has 2 aliphatic rings. The second-order valence-corrected chi connectivity index (χ2v) is 4.08. The van der Waals surface area contributed by atoms with Crippen LogP contribution in [0.15, 0.2) is 0 Å². The van der Waals surface area contributed by atoms with Crippen LogP contribution in [-0.4, -0.2) is 48.7 Å². The van der Waals surface area contributed by atoms with E-state index >= 15 is 0 Å². The summed E-state index contributed by atoms with van der Waals surface area (Å²) in [5, 5.41) is 3.39. The fourth-order valence-corrected chi connectivity index (χ4v) is 1.63. The molecule has 0 aromatic rings. The number of rotatable bonds is 3.